The molecule has 0 rings (SSSR count). The number of hydrogen-bond acceptors (Lipinski definition) is 1. The molecule has 0 aliphatic heterocycles. The molecule has 0 saturated heterocycles. The van der Waals surface area contributed by atoms with Gasteiger partial charge in [0.1, 0.15) is 0 Å². The Hall–Kier alpha value is -0.0400. The van der Waals surface area contributed by atoms with Crippen LogP contribution in [0.4, 0.5) is 0 Å². The van der Waals surface area contributed by atoms with Gasteiger partial charge in [-0.05, 0) is 0 Å². The Bertz CT molecular complexity index is 129. The average molecular weight is 286 g/mol. The van der Waals surface area contributed by atoms with Crippen LogP contribution in [-0.2, 0) is 0 Å². The molecule has 3 N–H and O–H groups in total. The Morgan fingerprint density at radius 1 is 0.300 bits per heavy atom. The molecular weight excluding hydrogens is 242 g/mol. The van der Waals surface area contributed by atoms with Crippen molar-refractivity contribution >= 4 is 0 Å². The predicted molar refractivity (Wildman–Crippen MR) is 94.9 cm³/mol. The maximum absolute atomic E-state index is 2.30. The molecule has 0 bridgehead atoms. The van der Waals surface area contributed by atoms with E-state index >= 15 is 0 Å². The quantitative estimate of drug-likeness (QED) is 0.288. The summed E-state index contributed by atoms with van der Waals surface area (Å²) in [7, 11) is 0. The molecule has 0 aromatic heterocycles. The average Bonchev–Trinajstić information content (AvgIpc) is 2.43. The molecule has 124 valence electrons. The van der Waals surface area contributed by atoms with Gasteiger partial charge in [-0.3, -0.25) is 0 Å². The van der Waals surface area contributed by atoms with Crippen LogP contribution in [0.1, 0.15) is 123 Å². The monoisotopic (exact) mass is 285 g/mol. The Balaban J connectivity index is 0. The summed E-state index contributed by atoms with van der Waals surface area (Å²) in [5.74, 6) is 0. The van der Waals surface area contributed by atoms with Crippen LogP contribution in [0.5, 0.6) is 0 Å². The fourth-order valence-corrected chi connectivity index (χ4v) is 2.80. The molecule has 0 aromatic carbocycles. The van der Waals surface area contributed by atoms with Crippen LogP contribution in [-0.4, -0.2) is 0 Å². The largest absolute Gasteiger partial charge is 0.344 e. The van der Waals surface area contributed by atoms with Gasteiger partial charge >= 0.3 is 0 Å². The van der Waals surface area contributed by atoms with E-state index in [1.54, 1.807) is 0 Å². The standard InChI is InChI=1S/C19H40.H3N/c1-3-5-7-9-11-13-15-17-19-18-16-14-12-10-8-6-4-2;/h3-19H2,1-2H3;1H3. The highest BCUT2D eigenvalue weighted by Gasteiger charge is 1.94. The molecule has 20 heavy (non-hydrogen) atoms. The summed E-state index contributed by atoms with van der Waals surface area (Å²) in [5, 5.41) is 0. The maximum atomic E-state index is 2.30. The minimum absolute atomic E-state index is 0. The molecule has 0 aliphatic carbocycles. The van der Waals surface area contributed by atoms with Crippen molar-refractivity contribution in [3.8, 4) is 0 Å². The van der Waals surface area contributed by atoms with Gasteiger partial charge in [0.25, 0.3) is 0 Å². The van der Waals surface area contributed by atoms with Crippen molar-refractivity contribution in [3.63, 3.8) is 0 Å². The van der Waals surface area contributed by atoms with Crippen LogP contribution in [0, 0.1) is 0 Å². The van der Waals surface area contributed by atoms with Crippen LogP contribution in [0.2, 0.25) is 0 Å². The van der Waals surface area contributed by atoms with E-state index in [0.29, 0.717) is 0 Å². The van der Waals surface area contributed by atoms with Crippen LogP contribution >= 0.6 is 0 Å². The molecule has 0 amide bonds. The Labute approximate surface area is 129 Å². The number of unbranched alkanes of at least 4 members (excludes halogenated alkanes) is 16. The first-order valence-electron chi connectivity index (χ1n) is 9.41. The summed E-state index contributed by atoms with van der Waals surface area (Å²) in [6, 6.07) is 0. The van der Waals surface area contributed by atoms with Crippen LogP contribution in [0.3, 0.4) is 0 Å². The van der Waals surface area contributed by atoms with Gasteiger partial charge in [-0.2, -0.15) is 0 Å². The number of rotatable bonds is 16. The summed E-state index contributed by atoms with van der Waals surface area (Å²) in [5.41, 5.74) is 0. The molecule has 0 fully saturated rings. The van der Waals surface area contributed by atoms with E-state index in [1.165, 1.54) is 109 Å². The first kappa shape index (κ1) is 22.2. The molecule has 0 heterocycles. The van der Waals surface area contributed by atoms with Gasteiger partial charge in [0.2, 0.25) is 0 Å². The SMILES string of the molecule is CCCCCCCCCCCCCCCCCCC.N. The van der Waals surface area contributed by atoms with E-state index < -0.39 is 0 Å². The normalized spacial score (nSPS) is 10.5. The van der Waals surface area contributed by atoms with Crippen molar-refractivity contribution in [3.05, 3.63) is 0 Å². The van der Waals surface area contributed by atoms with Gasteiger partial charge in [0.15, 0.2) is 0 Å². The predicted octanol–water partition coefficient (Wildman–Crippen LogP) is 7.82. The van der Waals surface area contributed by atoms with E-state index in [1.807, 2.05) is 0 Å². The summed E-state index contributed by atoms with van der Waals surface area (Å²) < 4.78 is 0. The van der Waals surface area contributed by atoms with E-state index in [0.717, 1.165) is 0 Å². The molecule has 0 atom stereocenters. The first-order chi connectivity index (χ1) is 9.41. The second-order valence-electron chi connectivity index (χ2n) is 6.30. The molecule has 1 heteroatoms. The Kier molecular flexibility index (Phi) is 23.6. The minimum atomic E-state index is 0. The second-order valence-corrected chi connectivity index (χ2v) is 6.30. The number of hydrogen-bond donors (Lipinski definition) is 1. The summed E-state index contributed by atoms with van der Waals surface area (Å²) in [6.07, 6.45) is 24.9. The third-order valence-electron chi connectivity index (χ3n) is 4.21. The maximum Gasteiger partial charge on any atom is -0.0533 e. The summed E-state index contributed by atoms with van der Waals surface area (Å²) in [4.78, 5) is 0. The molecule has 0 unspecified atom stereocenters. The van der Waals surface area contributed by atoms with E-state index in [9.17, 15) is 0 Å². The zero-order valence-corrected chi connectivity index (χ0v) is 14.7. The van der Waals surface area contributed by atoms with Gasteiger partial charge in [-0.1, -0.05) is 123 Å². The van der Waals surface area contributed by atoms with Crippen molar-refractivity contribution in [2.75, 3.05) is 0 Å². The van der Waals surface area contributed by atoms with Gasteiger partial charge in [0.05, 0.1) is 0 Å². The van der Waals surface area contributed by atoms with Crippen molar-refractivity contribution in [1.29, 1.82) is 0 Å². The van der Waals surface area contributed by atoms with Crippen LogP contribution in [0.15, 0.2) is 0 Å². The molecular formula is C19H43N. The Morgan fingerprint density at radius 3 is 0.600 bits per heavy atom. The third-order valence-corrected chi connectivity index (χ3v) is 4.21. The first-order valence-corrected chi connectivity index (χ1v) is 9.41. The molecule has 0 spiro atoms. The topological polar surface area (TPSA) is 35.0 Å². The molecule has 0 radical (unpaired) electrons. The second kappa shape index (κ2) is 21.3. The zero-order chi connectivity index (χ0) is 14.0. The lowest BCUT2D eigenvalue weighted by molar-refractivity contribution is 0.529. The van der Waals surface area contributed by atoms with Crippen molar-refractivity contribution in [1.82, 2.24) is 6.15 Å². The van der Waals surface area contributed by atoms with Gasteiger partial charge < -0.3 is 6.15 Å². The van der Waals surface area contributed by atoms with E-state index in [-0.39, 0.29) is 6.15 Å². The molecule has 0 saturated carbocycles. The lowest BCUT2D eigenvalue weighted by atomic mass is 10.0. The van der Waals surface area contributed by atoms with Crippen LogP contribution in [0.25, 0.3) is 0 Å². The van der Waals surface area contributed by atoms with E-state index in [2.05, 4.69) is 13.8 Å². The minimum Gasteiger partial charge on any atom is -0.344 e. The van der Waals surface area contributed by atoms with Crippen molar-refractivity contribution < 1.29 is 0 Å². The lowest BCUT2D eigenvalue weighted by Gasteiger charge is -2.03. The van der Waals surface area contributed by atoms with Crippen molar-refractivity contribution in [2.45, 2.75) is 123 Å². The highest BCUT2D eigenvalue weighted by atomic mass is 14.0. The fraction of sp³-hybridized carbons (Fsp3) is 1.00. The van der Waals surface area contributed by atoms with Crippen LogP contribution < -0.4 is 6.15 Å². The third kappa shape index (κ3) is 20.3. The van der Waals surface area contributed by atoms with Gasteiger partial charge in [0, 0.05) is 0 Å². The fourth-order valence-electron chi connectivity index (χ4n) is 2.80. The molecule has 0 aliphatic rings. The highest BCUT2D eigenvalue weighted by molar-refractivity contribution is 4.49. The summed E-state index contributed by atoms with van der Waals surface area (Å²) in [6.45, 7) is 4.59. The van der Waals surface area contributed by atoms with Gasteiger partial charge in [-0.15, -0.1) is 0 Å². The lowest BCUT2D eigenvalue weighted by Crippen LogP contribution is -1.83. The zero-order valence-electron chi connectivity index (χ0n) is 14.7. The van der Waals surface area contributed by atoms with E-state index in [4.69, 9.17) is 0 Å². The molecule has 1 nitrogen and oxygen atoms in total. The smallest absolute Gasteiger partial charge is 0.0533 e. The highest BCUT2D eigenvalue weighted by Crippen LogP contribution is 2.13. The van der Waals surface area contributed by atoms with Gasteiger partial charge in [-0.25, -0.2) is 0 Å². The molecule has 0 aromatic rings. The Morgan fingerprint density at radius 2 is 0.450 bits per heavy atom. The summed E-state index contributed by atoms with van der Waals surface area (Å²) >= 11 is 0. The van der Waals surface area contributed by atoms with Crippen molar-refractivity contribution in [2.24, 2.45) is 0 Å².